The highest BCUT2D eigenvalue weighted by molar-refractivity contribution is 6.03. The van der Waals surface area contributed by atoms with E-state index in [9.17, 15) is 9.90 Å². The predicted molar refractivity (Wildman–Crippen MR) is 60.6 cm³/mol. The highest BCUT2D eigenvalue weighted by Gasteiger charge is 2.15. The van der Waals surface area contributed by atoms with Gasteiger partial charge in [-0.25, -0.2) is 4.79 Å². The van der Waals surface area contributed by atoms with Gasteiger partial charge in [0.25, 0.3) is 0 Å². The maximum absolute atomic E-state index is 11.3. The molecule has 82 valence electrons. The van der Waals surface area contributed by atoms with E-state index in [1.54, 1.807) is 25.4 Å². The van der Waals surface area contributed by atoms with E-state index in [1.165, 1.54) is 0 Å². The molecule has 1 N–H and O–H groups in total. The summed E-state index contributed by atoms with van der Waals surface area (Å²) in [6.07, 6.45) is 3.90. The van der Waals surface area contributed by atoms with Crippen LogP contribution in [0.5, 0.6) is 0 Å². The third kappa shape index (κ3) is 1.52. The van der Waals surface area contributed by atoms with E-state index >= 15 is 0 Å². The van der Waals surface area contributed by atoms with Gasteiger partial charge in [-0.15, -0.1) is 0 Å². The van der Waals surface area contributed by atoms with Gasteiger partial charge in [-0.2, -0.15) is 0 Å². The first-order valence-electron chi connectivity index (χ1n) is 5.11. The molecule has 0 aliphatic carbocycles. The molecule has 4 heteroatoms. The Morgan fingerprint density at radius 3 is 2.88 bits per heavy atom. The zero-order valence-corrected chi connectivity index (χ0v) is 9.19. The summed E-state index contributed by atoms with van der Waals surface area (Å²) in [4.78, 5) is 19.6. The van der Waals surface area contributed by atoms with Gasteiger partial charge >= 0.3 is 5.97 Å². The Bertz CT molecular complexity index is 564. The number of fused-ring (bicyclic) bond motifs is 1. The average molecular weight is 216 g/mol. The molecule has 0 aromatic carbocycles. The van der Waals surface area contributed by atoms with Crippen LogP contribution in [0.15, 0.2) is 18.5 Å². The van der Waals surface area contributed by atoms with Crippen LogP contribution in [0.3, 0.4) is 0 Å². The molecular weight excluding hydrogens is 204 g/mol. The number of aryl methyl sites for hydroxylation is 1. The van der Waals surface area contributed by atoms with Crippen LogP contribution < -0.4 is 0 Å². The topological polar surface area (TPSA) is 63.1 Å². The van der Waals surface area contributed by atoms with E-state index in [-0.39, 0.29) is 0 Å². The first-order valence-corrected chi connectivity index (χ1v) is 5.11. The van der Waals surface area contributed by atoms with Gasteiger partial charge in [0.15, 0.2) is 0 Å². The molecule has 0 spiro atoms. The summed E-state index contributed by atoms with van der Waals surface area (Å²) < 4.78 is 0. The minimum atomic E-state index is -0.911. The van der Waals surface area contributed by atoms with Crippen LogP contribution >= 0.6 is 0 Å². The predicted octanol–water partition coefficient (Wildman–Crippen LogP) is 2.20. The lowest BCUT2D eigenvalue weighted by Gasteiger charge is -2.09. The van der Waals surface area contributed by atoms with Gasteiger partial charge in [-0.3, -0.25) is 9.97 Å². The molecule has 2 heterocycles. The third-order valence-electron chi connectivity index (χ3n) is 2.68. The van der Waals surface area contributed by atoms with Crippen LogP contribution in [0.25, 0.3) is 10.9 Å². The summed E-state index contributed by atoms with van der Waals surface area (Å²) in [5, 5.41) is 9.89. The van der Waals surface area contributed by atoms with Gasteiger partial charge < -0.3 is 5.11 Å². The summed E-state index contributed by atoms with van der Waals surface area (Å²) in [6, 6.07) is 1.69. The van der Waals surface area contributed by atoms with E-state index in [4.69, 9.17) is 0 Å². The maximum Gasteiger partial charge on any atom is 0.336 e. The van der Waals surface area contributed by atoms with Gasteiger partial charge in [0.2, 0.25) is 0 Å². The zero-order valence-electron chi connectivity index (χ0n) is 9.19. The van der Waals surface area contributed by atoms with Crippen molar-refractivity contribution in [2.45, 2.75) is 20.3 Å². The minimum absolute atomic E-state index is 0.337. The monoisotopic (exact) mass is 216 g/mol. The van der Waals surface area contributed by atoms with Crippen LogP contribution in [-0.2, 0) is 6.42 Å². The Kier molecular flexibility index (Phi) is 2.56. The van der Waals surface area contributed by atoms with Gasteiger partial charge in [0.1, 0.15) is 0 Å². The number of carboxylic acid groups (broad SMARTS) is 1. The van der Waals surface area contributed by atoms with Gasteiger partial charge in [0.05, 0.1) is 17.3 Å². The minimum Gasteiger partial charge on any atom is -0.478 e. The van der Waals surface area contributed by atoms with Crippen molar-refractivity contribution in [2.75, 3.05) is 0 Å². The van der Waals surface area contributed by atoms with Gasteiger partial charge in [-0.1, -0.05) is 6.92 Å². The Morgan fingerprint density at radius 1 is 1.50 bits per heavy atom. The number of hydrogen-bond donors (Lipinski definition) is 1. The molecule has 2 rings (SSSR count). The number of aromatic nitrogens is 2. The summed E-state index contributed by atoms with van der Waals surface area (Å²) in [6.45, 7) is 3.76. The van der Waals surface area contributed by atoms with Crippen LogP contribution in [0.2, 0.25) is 0 Å². The normalized spacial score (nSPS) is 10.6. The smallest absolute Gasteiger partial charge is 0.336 e. The van der Waals surface area contributed by atoms with E-state index < -0.39 is 5.97 Å². The van der Waals surface area contributed by atoms with Crippen molar-refractivity contribution in [3.8, 4) is 0 Å². The highest BCUT2D eigenvalue weighted by atomic mass is 16.4. The molecule has 2 aromatic heterocycles. The summed E-state index contributed by atoms with van der Waals surface area (Å²) >= 11 is 0. The summed E-state index contributed by atoms with van der Waals surface area (Å²) in [5.74, 6) is -0.911. The highest BCUT2D eigenvalue weighted by Crippen LogP contribution is 2.22. The molecule has 0 aliphatic heterocycles. The Hall–Kier alpha value is -1.97. The van der Waals surface area contributed by atoms with E-state index in [0.29, 0.717) is 16.5 Å². The summed E-state index contributed by atoms with van der Waals surface area (Å²) in [7, 11) is 0. The molecule has 2 aromatic rings. The molecule has 0 amide bonds. The Balaban J connectivity index is 2.91. The first kappa shape index (κ1) is 10.5. The number of hydrogen-bond acceptors (Lipinski definition) is 3. The van der Waals surface area contributed by atoms with Crippen molar-refractivity contribution < 1.29 is 9.90 Å². The fourth-order valence-corrected chi connectivity index (χ4v) is 1.88. The number of pyridine rings is 2. The molecule has 0 saturated carbocycles. The number of aromatic carboxylic acids is 1. The molecule has 0 saturated heterocycles. The standard InChI is InChI=1S/C12H12N2O2/c1-3-9-7(2)11(12(15)16)8-4-5-13-6-10(8)14-9/h4-6H,3H2,1-2H3,(H,15,16). The molecule has 0 fully saturated rings. The van der Waals surface area contributed by atoms with Crippen LogP contribution in [0.4, 0.5) is 0 Å². The Labute approximate surface area is 93.0 Å². The average Bonchev–Trinajstić information content (AvgIpc) is 2.27. The maximum atomic E-state index is 11.3. The van der Waals surface area contributed by atoms with Crippen molar-refractivity contribution in [3.05, 3.63) is 35.3 Å². The van der Waals surface area contributed by atoms with Crippen LogP contribution in [-0.4, -0.2) is 21.0 Å². The molecule has 16 heavy (non-hydrogen) atoms. The van der Waals surface area contributed by atoms with Gasteiger partial charge in [0, 0.05) is 17.3 Å². The number of carbonyl (C=O) groups is 1. The molecule has 0 bridgehead atoms. The second-order valence-corrected chi connectivity index (χ2v) is 3.61. The van der Waals surface area contributed by atoms with Crippen molar-refractivity contribution in [1.29, 1.82) is 0 Å². The van der Waals surface area contributed by atoms with Crippen LogP contribution in [0, 0.1) is 6.92 Å². The SMILES string of the molecule is CCc1nc2cnccc2c(C(=O)O)c1C. The molecule has 4 nitrogen and oxygen atoms in total. The lowest BCUT2D eigenvalue weighted by molar-refractivity contribution is 0.0698. The van der Waals surface area contributed by atoms with E-state index in [2.05, 4.69) is 9.97 Å². The first-order chi connectivity index (χ1) is 7.65. The van der Waals surface area contributed by atoms with E-state index in [0.717, 1.165) is 17.7 Å². The number of carboxylic acids is 1. The van der Waals surface area contributed by atoms with Crippen molar-refractivity contribution in [2.24, 2.45) is 0 Å². The number of rotatable bonds is 2. The molecule has 0 radical (unpaired) electrons. The third-order valence-corrected chi connectivity index (χ3v) is 2.68. The van der Waals surface area contributed by atoms with Crippen molar-refractivity contribution in [1.82, 2.24) is 9.97 Å². The number of nitrogens with zero attached hydrogens (tertiary/aromatic N) is 2. The lowest BCUT2D eigenvalue weighted by atomic mass is 10.0. The van der Waals surface area contributed by atoms with E-state index in [1.807, 2.05) is 6.92 Å². The van der Waals surface area contributed by atoms with Gasteiger partial charge in [-0.05, 0) is 25.0 Å². The molecule has 0 unspecified atom stereocenters. The Morgan fingerprint density at radius 2 is 2.25 bits per heavy atom. The second kappa shape index (κ2) is 3.89. The largest absolute Gasteiger partial charge is 0.478 e. The fraction of sp³-hybridized carbons (Fsp3) is 0.250. The zero-order chi connectivity index (χ0) is 11.7. The fourth-order valence-electron chi connectivity index (χ4n) is 1.88. The van der Waals surface area contributed by atoms with Crippen LogP contribution in [0.1, 0.15) is 28.5 Å². The molecular formula is C12H12N2O2. The second-order valence-electron chi connectivity index (χ2n) is 3.61. The van der Waals surface area contributed by atoms with Crippen molar-refractivity contribution in [3.63, 3.8) is 0 Å². The van der Waals surface area contributed by atoms with Crippen molar-refractivity contribution >= 4 is 16.9 Å². The quantitative estimate of drug-likeness (QED) is 0.835. The molecule has 0 atom stereocenters. The lowest BCUT2D eigenvalue weighted by Crippen LogP contribution is -2.06. The summed E-state index contributed by atoms with van der Waals surface area (Å²) in [5.41, 5.74) is 2.54. The molecule has 0 aliphatic rings.